The summed E-state index contributed by atoms with van der Waals surface area (Å²) in [5.41, 5.74) is 0.978. The van der Waals surface area contributed by atoms with Crippen molar-refractivity contribution in [1.29, 1.82) is 0 Å². The van der Waals surface area contributed by atoms with Gasteiger partial charge in [-0.15, -0.1) is 5.10 Å². The molecule has 25 heavy (non-hydrogen) atoms. The molecule has 8 nitrogen and oxygen atoms in total. The summed E-state index contributed by atoms with van der Waals surface area (Å²) < 4.78 is 19.8. The van der Waals surface area contributed by atoms with E-state index in [0.717, 1.165) is 6.42 Å². The fourth-order valence-electron chi connectivity index (χ4n) is 2.87. The lowest BCUT2D eigenvalue weighted by molar-refractivity contribution is 0.0787. The second-order valence-corrected chi connectivity index (χ2v) is 5.93. The van der Waals surface area contributed by atoms with Crippen molar-refractivity contribution >= 4 is 5.91 Å². The Labute approximate surface area is 142 Å². The van der Waals surface area contributed by atoms with Crippen LogP contribution in [-0.2, 0) is 0 Å². The second-order valence-electron chi connectivity index (χ2n) is 5.93. The topological polar surface area (TPSA) is 89.9 Å². The maximum atomic E-state index is 13.0. The van der Waals surface area contributed by atoms with E-state index in [1.165, 1.54) is 24.3 Å². The number of halogens is 1. The van der Waals surface area contributed by atoms with Gasteiger partial charge in [-0.3, -0.25) is 4.79 Å². The maximum absolute atomic E-state index is 13.0. The summed E-state index contributed by atoms with van der Waals surface area (Å²) >= 11 is 0. The Morgan fingerprint density at radius 3 is 2.84 bits per heavy atom. The average Bonchev–Trinajstić information content (AvgIpc) is 3.34. The number of hydrogen-bond acceptors (Lipinski definition) is 6. The molecule has 0 bridgehead atoms. The molecule has 4 rings (SSSR count). The van der Waals surface area contributed by atoms with Crippen molar-refractivity contribution in [3.63, 3.8) is 0 Å². The summed E-state index contributed by atoms with van der Waals surface area (Å²) in [7, 11) is 0. The summed E-state index contributed by atoms with van der Waals surface area (Å²) in [5, 5.41) is 11.9. The van der Waals surface area contributed by atoms with Crippen LogP contribution < -0.4 is 0 Å². The highest BCUT2D eigenvalue weighted by Gasteiger charge is 2.29. The molecule has 0 saturated carbocycles. The normalized spacial score (nSPS) is 17.2. The third-order valence-corrected chi connectivity index (χ3v) is 4.17. The number of benzene rings is 1. The minimum Gasteiger partial charge on any atom is -0.336 e. The highest BCUT2D eigenvalue weighted by molar-refractivity contribution is 5.94. The van der Waals surface area contributed by atoms with Gasteiger partial charge in [0.1, 0.15) is 5.82 Å². The van der Waals surface area contributed by atoms with Gasteiger partial charge in [0, 0.05) is 18.7 Å². The molecule has 1 atom stereocenters. The molecule has 0 spiro atoms. The molecule has 1 saturated heterocycles. The smallest absolute Gasteiger partial charge is 0.280 e. The molecule has 1 fully saturated rings. The van der Waals surface area contributed by atoms with Crippen molar-refractivity contribution < 1.29 is 13.7 Å². The number of aromatic nitrogens is 5. The Kier molecular flexibility index (Phi) is 3.75. The van der Waals surface area contributed by atoms with Crippen LogP contribution in [0.4, 0.5) is 4.39 Å². The molecule has 3 heterocycles. The molecule has 0 radical (unpaired) electrons. The number of nitrogens with zero attached hydrogens (tertiary/aromatic N) is 6. The fraction of sp³-hybridized carbons (Fsp3) is 0.312. The van der Waals surface area contributed by atoms with Crippen molar-refractivity contribution in [1.82, 2.24) is 30.0 Å². The molecular formula is C16H15FN6O2. The lowest BCUT2D eigenvalue weighted by Crippen LogP contribution is -2.29. The number of aryl methyl sites for hydroxylation is 1. The van der Waals surface area contributed by atoms with Gasteiger partial charge in [0.2, 0.25) is 0 Å². The van der Waals surface area contributed by atoms with Gasteiger partial charge in [0.05, 0.1) is 12.2 Å². The van der Waals surface area contributed by atoms with Crippen molar-refractivity contribution in [2.24, 2.45) is 0 Å². The summed E-state index contributed by atoms with van der Waals surface area (Å²) in [6.07, 6.45) is 2.50. The van der Waals surface area contributed by atoms with Gasteiger partial charge in [-0.1, -0.05) is 10.4 Å². The minimum atomic E-state index is -0.359. The molecule has 0 aliphatic carbocycles. The van der Waals surface area contributed by atoms with E-state index in [9.17, 15) is 9.18 Å². The van der Waals surface area contributed by atoms with Crippen molar-refractivity contribution in [3.8, 4) is 11.6 Å². The Morgan fingerprint density at radius 1 is 1.32 bits per heavy atom. The van der Waals surface area contributed by atoms with Gasteiger partial charge in [-0.05, 0) is 37.6 Å². The predicted molar refractivity (Wildman–Crippen MR) is 84.0 cm³/mol. The summed E-state index contributed by atoms with van der Waals surface area (Å²) in [4.78, 5) is 18.3. The summed E-state index contributed by atoms with van der Waals surface area (Å²) in [6, 6.07) is 5.59. The molecule has 0 unspecified atom stereocenters. The van der Waals surface area contributed by atoms with E-state index in [-0.39, 0.29) is 17.8 Å². The Balaban J connectivity index is 1.46. The first-order valence-corrected chi connectivity index (χ1v) is 7.87. The van der Waals surface area contributed by atoms with E-state index < -0.39 is 0 Å². The van der Waals surface area contributed by atoms with E-state index in [4.69, 9.17) is 4.52 Å². The molecule has 3 aromatic rings. The van der Waals surface area contributed by atoms with Crippen LogP contribution in [0.2, 0.25) is 0 Å². The van der Waals surface area contributed by atoms with Gasteiger partial charge in [-0.25, -0.2) is 9.07 Å². The van der Waals surface area contributed by atoms with E-state index in [1.54, 1.807) is 22.7 Å². The molecule has 128 valence electrons. The molecular weight excluding hydrogens is 327 g/mol. The quantitative estimate of drug-likeness (QED) is 0.722. The largest absolute Gasteiger partial charge is 0.336 e. The Hall–Kier alpha value is -3.10. The Bertz CT molecular complexity index is 904. The standard InChI is InChI=1S/C16H15FN6O2/c1-10-18-15(25-20-10)14-9-23(21-19-14)13-6-7-22(8-13)16(24)11-2-4-12(17)5-3-11/h2-5,9,13H,6-8H2,1H3/t13-/m1/s1. The Morgan fingerprint density at radius 2 is 2.12 bits per heavy atom. The van der Waals surface area contributed by atoms with Crippen LogP contribution in [-0.4, -0.2) is 49.0 Å². The number of carbonyl (C=O) groups is 1. The lowest BCUT2D eigenvalue weighted by atomic mass is 10.2. The molecule has 9 heteroatoms. The summed E-state index contributed by atoms with van der Waals surface area (Å²) in [6.45, 7) is 2.85. The average molecular weight is 342 g/mol. The second kappa shape index (κ2) is 6.08. The fourth-order valence-corrected chi connectivity index (χ4v) is 2.87. The minimum absolute atomic E-state index is 0.0228. The molecule has 0 N–H and O–H groups in total. The van der Waals surface area contributed by atoms with Crippen LogP contribution in [0.3, 0.4) is 0 Å². The summed E-state index contributed by atoms with van der Waals surface area (Å²) in [5.74, 6) is 0.375. The number of carbonyl (C=O) groups excluding carboxylic acids is 1. The first-order chi connectivity index (χ1) is 12.1. The SMILES string of the molecule is Cc1noc(-c2cn([C@@H]3CCN(C(=O)c4ccc(F)cc4)C3)nn2)n1. The van der Waals surface area contributed by atoms with Gasteiger partial charge >= 0.3 is 0 Å². The van der Waals surface area contributed by atoms with Crippen molar-refractivity contribution in [2.75, 3.05) is 13.1 Å². The van der Waals surface area contributed by atoms with Crippen LogP contribution >= 0.6 is 0 Å². The molecule has 1 aliphatic heterocycles. The first-order valence-electron chi connectivity index (χ1n) is 7.87. The van der Waals surface area contributed by atoms with Crippen molar-refractivity contribution in [3.05, 3.63) is 47.7 Å². The molecule has 1 aliphatic rings. The van der Waals surface area contributed by atoms with E-state index in [2.05, 4.69) is 20.5 Å². The van der Waals surface area contributed by atoms with Gasteiger partial charge in [-0.2, -0.15) is 4.98 Å². The van der Waals surface area contributed by atoms with Crippen LogP contribution in [0, 0.1) is 12.7 Å². The monoisotopic (exact) mass is 342 g/mol. The maximum Gasteiger partial charge on any atom is 0.280 e. The van der Waals surface area contributed by atoms with Gasteiger partial charge < -0.3 is 9.42 Å². The number of hydrogen-bond donors (Lipinski definition) is 0. The molecule has 1 aromatic carbocycles. The van der Waals surface area contributed by atoms with Crippen LogP contribution in [0.5, 0.6) is 0 Å². The van der Waals surface area contributed by atoms with Crippen molar-refractivity contribution in [2.45, 2.75) is 19.4 Å². The lowest BCUT2D eigenvalue weighted by Gasteiger charge is -2.16. The predicted octanol–water partition coefficient (Wildman–Crippen LogP) is 1.86. The van der Waals surface area contributed by atoms with E-state index in [0.29, 0.717) is 36.1 Å². The first kappa shape index (κ1) is 15.4. The number of amides is 1. The zero-order valence-corrected chi connectivity index (χ0v) is 13.5. The highest BCUT2D eigenvalue weighted by atomic mass is 19.1. The van der Waals surface area contributed by atoms with Crippen LogP contribution in [0.15, 0.2) is 35.0 Å². The third-order valence-electron chi connectivity index (χ3n) is 4.17. The molecule has 1 amide bonds. The molecule has 2 aromatic heterocycles. The van der Waals surface area contributed by atoms with Gasteiger partial charge in [0.25, 0.3) is 11.8 Å². The zero-order chi connectivity index (χ0) is 17.4. The van der Waals surface area contributed by atoms with Crippen LogP contribution in [0.1, 0.15) is 28.6 Å². The van der Waals surface area contributed by atoms with E-state index in [1.807, 2.05) is 0 Å². The van der Waals surface area contributed by atoms with Crippen LogP contribution in [0.25, 0.3) is 11.6 Å². The third kappa shape index (κ3) is 3.00. The van der Waals surface area contributed by atoms with E-state index >= 15 is 0 Å². The highest BCUT2D eigenvalue weighted by Crippen LogP contribution is 2.24. The number of likely N-dealkylation sites (tertiary alicyclic amines) is 1. The number of rotatable bonds is 3. The van der Waals surface area contributed by atoms with Gasteiger partial charge in [0.15, 0.2) is 11.5 Å². The zero-order valence-electron chi connectivity index (χ0n) is 13.5.